The number of aromatic hydroxyl groups is 1. The van der Waals surface area contributed by atoms with Crippen LogP contribution in [0.5, 0.6) is 5.75 Å². The van der Waals surface area contributed by atoms with E-state index in [1.165, 1.54) is 12.3 Å². The summed E-state index contributed by atoms with van der Waals surface area (Å²) in [4.78, 5) is 0. The molecule has 1 N–H and O–H groups in total. The first-order chi connectivity index (χ1) is 11.4. The van der Waals surface area contributed by atoms with Gasteiger partial charge in [-0.05, 0) is 49.1 Å². The molecule has 0 radical (unpaired) electrons. The molecule has 0 unspecified atom stereocenters. The van der Waals surface area contributed by atoms with E-state index in [0.717, 1.165) is 6.20 Å². The van der Waals surface area contributed by atoms with Gasteiger partial charge in [0.15, 0.2) is 11.9 Å². The highest BCUT2D eigenvalue weighted by Crippen LogP contribution is 2.36. The van der Waals surface area contributed by atoms with Crippen LogP contribution in [0.3, 0.4) is 0 Å². The third kappa shape index (κ3) is 5.27. The van der Waals surface area contributed by atoms with E-state index in [4.69, 9.17) is 0 Å². The maximum absolute atomic E-state index is 12.8. The van der Waals surface area contributed by atoms with Gasteiger partial charge in [-0.3, -0.25) is 0 Å². The van der Waals surface area contributed by atoms with E-state index in [9.17, 15) is 36.7 Å². The van der Waals surface area contributed by atoms with Crippen molar-refractivity contribution in [1.82, 2.24) is 0 Å². The zero-order valence-corrected chi connectivity index (χ0v) is 12.7. The molecule has 0 spiro atoms. The Morgan fingerprint density at radius 2 is 1.32 bits per heavy atom. The number of halogens is 6. The van der Waals surface area contributed by atoms with Crippen LogP contribution in [-0.4, -0.2) is 5.11 Å². The molecule has 9 heteroatoms. The molecule has 0 aliphatic carbocycles. The fourth-order valence-corrected chi connectivity index (χ4v) is 2.39. The number of benzene rings is 1. The maximum atomic E-state index is 12.8. The summed E-state index contributed by atoms with van der Waals surface area (Å²) in [5.41, 5.74) is -2.38. The summed E-state index contributed by atoms with van der Waals surface area (Å²) >= 11 is 0. The van der Waals surface area contributed by atoms with E-state index in [1.807, 2.05) is 0 Å². The summed E-state index contributed by atoms with van der Waals surface area (Å²) in [6, 6.07) is 2.76. The van der Waals surface area contributed by atoms with Gasteiger partial charge in [0.2, 0.25) is 6.20 Å². The second-order valence-electron chi connectivity index (χ2n) is 5.53. The zero-order valence-electron chi connectivity index (χ0n) is 12.7. The van der Waals surface area contributed by atoms with E-state index < -0.39 is 23.5 Å². The minimum absolute atomic E-state index is 0.0402. The van der Waals surface area contributed by atoms with Gasteiger partial charge in [-0.25, -0.2) is 0 Å². The van der Waals surface area contributed by atoms with Gasteiger partial charge in [-0.2, -0.15) is 31.1 Å². The van der Waals surface area contributed by atoms with E-state index in [1.54, 1.807) is 0 Å². The van der Waals surface area contributed by atoms with E-state index in [0.29, 0.717) is 22.4 Å². The van der Waals surface area contributed by atoms with Crippen LogP contribution in [0.4, 0.5) is 26.3 Å². The molecular formula is C16H13F6NO2. The largest absolute Gasteiger partial charge is 0.619 e. The Labute approximate surface area is 138 Å². The third-order valence-corrected chi connectivity index (χ3v) is 3.46. The predicted molar refractivity (Wildman–Crippen MR) is 75.5 cm³/mol. The topological polar surface area (TPSA) is 47.2 Å². The van der Waals surface area contributed by atoms with Crippen LogP contribution in [0.1, 0.15) is 28.7 Å². The van der Waals surface area contributed by atoms with Crippen LogP contribution in [0.25, 0.3) is 0 Å². The Bertz CT molecular complexity index is 703. The van der Waals surface area contributed by atoms with Gasteiger partial charge in [-0.1, -0.05) is 0 Å². The molecular weight excluding hydrogens is 352 g/mol. The molecule has 3 nitrogen and oxygen atoms in total. The van der Waals surface area contributed by atoms with Crippen LogP contribution in [0.2, 0.25) is 0 Å². The molecule has 2 aromatic rings. The highest BCUT2D eigenvalue weighted by molar-refractivity contribution is 5.33. The monoisotopic (exact) mass is 365 g/mol. The van der Waals surface area contributed by atoms with Crippen LogP contribution in [0, 0.1) is 5.21 Å². The summed E-state index contributed by atoms with van der Waals surface area (Å²) in [6.07, 6.45) is -7.28. The van der Waals surface area contributed by atoms with Crippen molar-refractivity contribution in [3.8, 4) is 5.75 Å². The van der Waals surface area contributed by atoms with Crippen LogP contribution in [-0.2, 0) is 25.2 Å². The zero-order chi connectivity index (χ0) is 18.8. The lowest BCUT2D eigenvalue weighted by atomic mass is 9.99. The summed E-state index contributed by atoms with van der Waals surface area (Å²) in [5, 5.41) is 20.5. The summed E-state index contributed by atoms with van der Waals surface area (Å²) < 4.78 is 77.0. The second kappa shape index (κ2) is 6.81. The van der Waals surface area contributed by atoms with E-state index in [2.05, 4.69) is 0 Å². The van der Waals surface area contributed by atoms with Crippen molar-refractivity contribution < 1.29 is 36.2 Å². The molecule has 0 fully saturated rings. The summed E-state index contributed by atoms with van der Waals surface area (Å²) in [7, 11) is 0. The Morgan fingerprint density at radius 1 is 0.800 bits per heavy atom. The van der Waals surface area contributed by atoms with Crippen LogP contribution < -0.4 is 4.73 Å². The molecule has 0 atom stereocenters. The molecule has 1 aromatic heterocycles. The fraction of sp³-hybridized carbons (Fsp3) is 0.312. The Hall–Kier alpha value is -2.45. The minimum atomic E-state index is -4.88. The molecule has 1 heterocycles. The number of rotatable bonds is 4. The predicted octanol–water partition coefficient (Wildman–Crippen LogP) is 4.24. The number of nitrogens with zero attached hydrogens (tertiary/aromatic N) is 1. The van der Waals surface area contributed by atoms with Crippen LogP contribution >= 0.6 is 0 Å². The first-order valence-electron chi connectivity index (χ1n) is 7.15. The molecule has 136 valence electrons. The summed E-state index contributed by atoms with van der Waals surface area (Å²) in [6.45, 7) is 0. The van der Waals surface area contributed by atoms with Crippen molar-refractivity contribution in [3.63, 3.8) is 0 Å². The number of aromatic nitrogens is 1. The average Bonchev–Trinajstić information content (AvgIpc) is 2.44. The third-order valence-electron chi connectivity index (χ3n) is 3.46. The summed E-state index contributed by atoms with van der Waals surface area (Å²) in [5.74, 6) is -0.272. The van der Waals surface area contributed by atoms with Gasteiger partial charge in [0.05, 0.1) is 11.1 Å². The molecule has 2 rings (SSSR count). The minimum Gasteiger partial charge on any atom is -0.619 e. The van der Waals surface area contributed by atoms with Crippen molar-refractivity contribution in [2.24, 2.45) is 0 Å². The second-order valence-corrected chi connectivity index (χ2v) is 5.53. The van der Waals surface area contributed by atoms with E-state index in [-0.39, 0.29) is 36.6 Å². The molecule has 0 saturated carbocycles. The molecule has 0 aliphatic heterocycles. The molecule has 0 amide bonds. The van der Waals surface area contributed by atoms with Gasteiger partial charge >= 0.3 is 12.4 Å². The lowest BCUT2D eigenvalue weighted by Crippen LogP contribution is -2.24. The van der Waals surface area contributed by atoms with Crippen molar-refractivity contribution in [2.45, 2.75) is 31.6 Å². The first-order valence-corrected chi connectivity index (χ1v) is 7.15. The molecule has 0 aliphatic rings. The molecule has 25 heavy (non-hydrogen) atoms. The number of aryl methyl sites for hydroxylation is 2. The Kier molecular flexibility index (Phi) is 5.15. The normalized spacial score (nSPS) is 12.4. The standard InChI is InChI=1S/C16H13F6NO2/c17-15(18,19)12-4-10(5-13(7-12)16(20,21)22)2-1-3-11-6-14(24)9-23(25)8-11/h4-9,24H,1-3H2. The van der Waals surface area contributed by atoms with Gasteiger partial charge < -0.3 is 10.3 Å². The van der Waals surface area contributed by atoms with Gasteiger partial charge in [0.1, 0.15) is 0 Å². The highest BCUT2D eigenvalue weighted by Gasteiger charge is 2.36. The Balaban J connectivity index is 2.18. The lowest BCUT2D eigenvalue weighted by molar-refractivity contribution is -0.606. The maximum Gasteiger partial charge on any atom is 0.416 e. The van der Waals surface area contributed by atoms with Crippen molar-refractivity contribution in [1.29, 1.82) is 0 Å². The molecule has 0 bridgehead atoms. The van der Waals surface area contributed by atoms with Gasteiger partial charge in [0, 0.05) is 5.56 Å². The molecule has 1 aromatic carbocycles. The highest BCUT2D eigenvalue weighted by atomic mass is 19.4. The number of pyridine rings is 1. The van der Waals surface area contributed by atoms with Crippen molar-refractivity contribution in [2.75, 3.05) is 0 Å². The van der Waals surface area contributed by atoms with E-state index >= 15 is 0 Å². The number of hydrogen-bond donors (Lipinski definition) is 1. The first kappa shape index (κ1) is 18.9. The SMILES string of the molecule is [O-][n+]1cc(O)cc(CCCc2cc(C(F)(F)F)cc(C(F)(F)F)c2)c1. The van der Waals surface area contributed by atoms with Crippen molar-refractivity contribution in [3.05, 3.63) is 64.1 Å². The quantitative estimate of drug-likeness (QED) is 0.501. The fourth-order valence-electron chi connectivity index (χ4n) is 2.39. The van der Waals surface area contributed by atoms with Gasteiger partial charge in [0.25, 0.3) is 0 Å². The number of hydrogen-bond acceptors (Lipinski definition) is 2. The van der Waals surface area contributed by atoms with Crippen LogP contribution in [0.15, 0.2) is 36.7 Å². The molecule has 0 saturated heterocycles. The smallest absolute Gasteiger partial charge is 0.416 e. The average molecular weight is 365 g/mol. The van der Waals surface area contributed by atoms with Crippen molar-refractivity contribution >= 4 is 0 Å². The van der Waals surface area contributed by atoms with Gasteiger partial charge in [-0.15, -0.1) is 0 Å². The number of alkyl halides is 6. The lowest BCUT2D eigenvalue weighted by Gasteiger charge is -2.14. The Morgan fingerprint density at radius 3 is 1.80 bits per heavy atom.